The van der Waals surface area contributed by atoms with E-state index in [0.717, 1.165) is 95.5 Å². The number of carbonyl (C=O) groups is 1. The van der Waals surface area contributed by atoms with Crippen LogP contribution in [0.5, 0.6) is 0 Å². The molecule has 3 rings (SSSR count). The third-order valence-electron chi connectivity index (χ3n) is 10.1. The van der Waals surface area contributed by atoms with Crippen LogP contribution in [-0.4, -0.2) is 70.1 Å². The summed E-state index contributed by atoms with van der Waals surface area (Å²) in [5.74, 6) is -0.123. The topological polar surface area (TPSA) is 105 Å². The van der Waals surface area contributed by atoms with Gasteiger partial charge in [0.15, 0.2) is 0 Å². The summed E-state index contributed by atoms with van der Waals surface area (Å²) in [6.07, 6.45) is 25.8. The summed E-state index contributed by atoms with van der Waals surface area (Å²) in [4.78, 5) is 11.6. The van der Waals surface area contributed by atoms with Crippen LogP contribution in [0.3, 0.4) is 0 Å². The zero-order chi connectivity index (χ0) is 31.6. The molecule has 2 saturated heterocycles. The van der Waals surface area contributed by atoms with Crippen molar-refractivity contribution in [1.29, 1.82) is 0 Å². The van der Waals surface area contributed by atoms with Gasteiger partial charge in [-0.2, -0.15) is 0 Å². The maximum Gasteiger partial charge on any atom is 0.334 e. The summed E-state index contributed by atoms with van der Waals surface area (Å²) in [6.45, 7) is 4.09. The van der Waals surface area contributed by atoms with Gasteiger partial charge in [-0.15, -0.1) is 0 Å². The zero-order valence-corrected chi connectivity index (χ0v) is 28.1. The fraction of sp³-hybridized carbons (Fsp3) is 0.919. The van der Waals surface area contributed by atoms with E-state index in [0.29, 0.717) is 0 Å². The van der Waals surface area contributed by atoms with E-state index in [1.165, 1.54) is 64.2 Å². The number of aliphatic hydroxyl groups excluding tert-OH is 3. The highest BCUT2D eigenvalue weighted by atomic mass is 16.6. The highest BCUT2D eigenvalue weighted by Gasteiger charge is 2.40. The summed E-state index contributed by atoms with van der Waals surface area (Å²) in [7, 11) is 0. The number of esters is 1. The molecule has 7 nitrogen and oxygen atoms in total. The van der Waals surface area contributed by atoms with E-state index >= 15 is 0 Å². The Bertz CT molecular complexity index is 801. The summed E-state index contributed by atoms with van der Waals surface area (Å²) in [5.41, 5.74) is 0.863. The molecule has 3 aliphatic heterocycles. The molecule has 1 unspecified atom stereocenters. The molecule has 0 spiro atoms. The van der Waals surface area contributed by atoms with Crippen molar-refractivity contribution in [2.75, 3.05) is 0 Å². The van der Waals surface area contributed by atoms with Crippen molar-refractivity contribution < 1.29 is 34.3 Å². The normalized spacial score (nSPS) is 27.4. The van der Waals surface area contributed by atoms with E-state index < -0.39 is 12.2 Å². The molecule has 0 aromatic carbocycles. The van der Waals surface area contributed by atoms with Crippen molar-refractivity contribution >= 4 is 5.97 Å². The Morgan fingerprint density at radius 3 is 1.61 bits per heavy atom. The van der Waals surface area contributed by atoms with Crippen molar-refractivity contribution in [3.63, 3.8) is 0 Å². The Morgan fingerprint density at radius 1 is 0.659 bits per heavy atom. The first-order valence-corrected chi connectivity index (χ1v) is 18.6. The fourth-order valence-corrected chi connectivity index (χ4v) is 7.27. The Morgan fingerprint density at radius 2 is 1.11 bits per heavy atom. The Hall–Kier alpha value is -0.990. The van der Waals surface area contributed by atoms with Crippen LogP contribution in [0.1, 0.15) is 168 Å². The maximum absolute atomic E-state index is 11.6. The van der Waals surface area contributed by atoms with Crippen molar-refractivity contribution in [3.05, 3.63) is 11.6 Å². The molecular weight excluding hydrogens is 556 g/mol. The molecule has 3 heterocycles. The molecule has 3 aliphatic rings. The Kier molecular flexibility index (Phi) is 18.5. The van der Waals surface area contributed by atoms with Gasteiger partial charge in [0.2, 0.25) is 0 Å². The zero-order valence-electron chi connectivity index (χ0n) is 28.1. The third-order valence-corrected chi connectivity index (χ3v) is 10.1. The van der Waals surface area contributed by atoms with Crippen LogP contribution in [-0.2, 0) is 19.0 Å². The first kappa shape index (κ1) is 37.5. The fourth-order valence-electron chi connectivity index (χ4n) is 7.27. The monoisotopic (exact) mass is 622 g/mol. The van der Waals surface area contributed by atoms with Crippen molar-refractivity contribution in [1.82, 2.24) is 0 Å². The number of cyclic esters (lactones) is 1. The lowest BCUT2D eigenvalue weighted by atomic mass is 10.00. The third kappa shape index (κ3) is 14.2. The standard InChI is InChI=1S/C37H66O7/c1-3-4-13-19-30(38)20-16-17-22-32(40)34-24-26-36(44-34)35-25-23-33(43-35)31(39)21-15-12-10-8-6-5-7-9-11-14-18-29-27-28(2)42-37(29)41/h27-28,30-36,38-40H,3-26H2,1-2H3/t28?,30-,31-,32-,33-,34+,35-,36-/m0/s1. The van der Waals surface area contributed by atoms with E-state index in [1.807, 2.05) is 13.0 Å². The van der Waals surface area contributed by atoms with Gasteiger partial charge >= 0.3 is 5.97 Å². The molecule has 0 amide bonds. The second-order valence-electron chi connectivity index (χ2n) is 14.0. The van der Waals surface area contributed by atoms with Gasteiger partial charge in [-0.25, -0.2) is 4.79 Å². The highest BCUT2D eigenvalue weighted by Crippen LogP contribution is 2.34. The van der Waals surface area contributed by atoms with Crippen LogP contribution in [0.25, 0.3) is 0 Å². The molecule has 0 radical (unpaired) electrons. The molecule has 0 saturated carbocycles. The molecule has 0 aromatic rings. The Labute approximate surface area is 268 Å². The van der Waals surface area contributed by atoms with Gasteiger partial charge in [0.1, 0.15) is 6.10 Å². The number of hydrogen-bond acceptors (Lipinski definition) is 7. The highest BCUT2D eigenvalue weighted by molar-refractivity contribution is 5.90. The number of rotatable bonds is 25. The van der Waals surface area contributed by atoms with Crippen molar-refractivity contribution in [3.8, 4) is 0 Å². The molecule has 7 heteroatoms. The van der Waals surface area contributed by atoms with Crippen LogP contribution in [0.2, 0.25) is 0 Å². The first-order chi connectivity index (χ1) is 21.4. The molecule has 0 aliphatic carbocycles. The number of aliphatic hydroxyl groups is 3. The van der Waals surface area contributed by atoms with Crippen LogP contribution in [0.4, 0.5) is 0 Å². The lowest BCUT2D eigenvalue weighted by Gasteiger charge is -2.24. The Balaban J connectivity index is 1.13. The SMILES string of the molecule is CCCCC[C@H](O)CCCC[C@H](O)[C@H]1CC[C@@H]([C@@H]2CC[C@@H]([C@@H](O)CCCCCCCCCCCCC3=CC(C)OC3=O)O2)O1. The van der Waals surface area contributed by atoms with Crippen molar-refractivity contribution in [2.24, 2.45) is 0 Å². The number of hydrogen-bond donors (Lipinski definition) is 3. The van der Waals surface area contributed by atoms with Gasteiger partial charge < -0.3 is 29.5 Å². The minimum Gasteiger partial charge on any atom is -0.455 e. The maximum atomic E-state index is 11.6. The van der Waals surface area contributed by atoms with Gasteiger partial charge in [-0.1, -0.05) is 96.8 Å². The van der Waals surface area contributed by atoms with Crippen LogP contribution in [0, 0.1) is 0 Å². The van der Waals surface area contributed by atoms with Gasteiger partial charge in [-0.05, 0) is 77.2 Å². The predicted octanol–water partition coefficient (Wildman–Crippen LogP) is 7.86. The molecule has 256 valence electrons. The number of carbonyl (C=O) groups excluding carboxylic acids is 1. The van der Waals surface area contributed by atoms with E-state index in [2.05, 4.69) is 6.92 Å². The lowest BCUT2D eigenvalue weighted by Crippen LogP contribution is -2.33. The first-order valence-electron chi connectivity index (χ1n) is 18.6. The summed E-state index contributed by atoms with van der Waals surface area (Å²) in [6, 6.07) is 0. The minimum absolute atomic E-state index is 0.0274. The molecule has 44 heavy (non-hydrogen) atoms. The smallest absolute Gasteiger partial charge is 0.334 e. The molecule has 0 bridgehead atoms. The van der Waals surface area contributed by atoms with Gasteiger partial charge in [0.05, 0.1) is 42.7 Å². The van der Waals surface area contributed by atoms with Crippen LogP contribution >= 0.6 is 0 Å². The van der Waals surface area contributed by atoms with E-state index in [1.54, 1.807) is 0 Å². The minimum atomic E-state index is -0.447. The average Bonchev–Trinajstić information content (AvgIpc) is 3.76. The predicted molar refractivity (Wildman–Crippen MR) is 175 cm³/mol. The summed E-state index contributed by atoms with van der Waals surface area (Å²) >= 11 is 0. The van der Waals surface area contributed by atoms with Crippen LogP contribution in [0.15, 0.2) is 11.6 Å². The van der Waals surface area contributed by atoms with Gasteiger partial charge in [0.25, 0.3) is 0 Å². The van der Waals surface area contributed by atoms with Gasteiger partial charge in [0, 0.05) is 5.57 Å². The molecule has 2 fully saturated rings. The largest absolute Gasteiger partial charge is 0.455 e. The quantitative estimate of drug-likeness (QED) is 0.0703. The summed E-state index contributed by atoms with van der Waals surface area (Å²) in [5, 5.41) is 31.5. The molecule has 8 atom stereocenters. The average molecular weight is 623 g/mol. The second-order valence-corrected chi connectivity index (χ2v) is 14.0. The summed E-state index contributed by atoms with van der Waals surface area (Å²) < 4.78 is 17.7. The van der Waals surface area contributed by atoms with Crippen LogP contribution < -0.4 is 0 Å². The number of ether oxygens (including phenoxy) is 3. The second kappa shape index (κ2) is 21.7. The van der Waals surface area contributed by atoms with Crippen molar-refractivity contribution in [2.45, 2.75) is 217 Å². The number of unbranched alkanes of at least 4 members (excludes halogenated alkanes) is 12. The lowest BCUT2D eigenvalue weighted by molar-refractivity contribution is -0.139. The molecule has 3 N–H and O–H groups in total. The van der Waals surface area contributed by atoms with E-state index in [4.69, 9.17) is 14.2 Å². The van der Waals surface area contributed by atoms with E-state index in [-0.39, 0.29) is 42.6 Å². The molecule has 0 aromatic heterocycles. The van der Waals surface area contributed by atoms with E-state index in [9.17, 15) is 20.1 Å². The van der Waals surface area contributed by atoms with Gasteiger partial charge in [-0.3, -0.25) is 0 Å². The molecular formula is C37H66O7.